The van der Waals surface area contributed by atoms with Gasteiger partial charge in [0, 0.05) is 44.0 Å². The molecule has 0 radical (unpaired) electrons. The molecule has 2 amide bonds. The van der Waals surface area contributed by atoms with Gasteiger partial charge in [-0.05, 0) is 41.5 Å². The average molecular weight is 492 g/mol. The molecule has 182 valence electrons. The Morgan fingerprint density at radius 2 is 1.86 bits per heavy atom. The molecule has 1 aromatic heterocycles. The van der Waals surface area contributed by atoms with Crippen LogP contribution in [-0.2, 0) is 24.3 Å². The van der Waals surface area contributed by atoms with E-state index in [0.29, 0.717) is 31.0 Å². The van der Waals surface area contributed by atoms with E-state index in [2.05, 4.69) is 28.4 Å². The number of benzene rings is 2. The predicted molar refractivity (Wildman–Crippen MR) is 135 cm³/mol. The second-order valence-corrected chi connectivity index (χ2v) is 9.77. The van der Waals surface area contributed by atoms with Gasteiger partial charge in [-0.1, -0.05) is 24.3 Å². The van der Waals surface area contributed by atoms with Crippen molar-refractivity contribution in [1.29, 1.82) is 0 Å². The Morgan fingerprint density at radius 3 is 2.69 bits per heavy atom. The monoisotopic (exact) mass is 491 g/mol. The highest BCUT2D eigenvalue weighted by Gasteiger charge is 2.24. The van der Waals surface area contributed by atoms with Crippen LogP contribution in [-0.4, -0.2) is 60.2 Å². The van der Waals surface area contributed by atoms with E-state index < -0.39 is 0 Å². The predicted octanol–water partition coefficient (Wildman–Crippen LogP) is 3.58. The second-order valence-electron chi connectivity index (χ2n) is 8.75. The van der Waals surface area contributed by atoms with E-state index in [1.807, 2.05) is 35.2 Å². The molecular weight excluding hydrogens is 462 g/mol. The Hall–Kier alpha value is -3.23. The molecule has 0 bridgehead atoms. The number of piperazine rings is 1. The molecule has 2 aliphatic heterocycles. The standard InChI is InChI=1S/C27H29N3O4S/c31-26(28-17-22-4-3-14-33-22)19-35-25-6-2-1-5-23(25)27(32)30-12-10-29(11-13-30)18-20-7-8-24-21(16-20)9-15-34-24/h1-8,14,16H,9-13,15,17-19H2,(H,28,31). The van der Waals surface area contributed by atoms with Gasteiger partial charge in [0.15, 0.2) is 0 Å². The second kappa shape index (κ2) is 11.0. The number of fused-ring (bicyclic) bond motifs is 1. The maximum atomic E-state index is 13.3. The molecule has 0 aliphatic carbocycles. The smallest absolute Gasteiger partial charge is 0.255 e. The van der Waals surface area contributed by atoms with Gasteiger partial charge in [-0.15, -0.1) is 11.8 Å². The van der Waals surface area contributed by atoms with E-state index in [4.69, 9.17) is 9.15 Å². The van der Waals surface area contributed by atoms with Crippen LogP contribution >= 0.6 is 11.8 Å². The minimum Gasteiger partial charge on any atom is -0.493 e. The Bertz CT molecular complexity index is 1170. The molecule has 2 aromatic carbocycles. The van der Waals surface area contributed by atoms with Gasteiger partial charge in [0.05, 0.1) is 30.7 Å². The van der Waals surface area contributed by atoms with E-state index >= 15 is 0 Å². The zero-order valence-corrected chi connectivity index (χ0v) is 20.4. The Balaban J connectivity index is 1.12. The summed E-state index contributed by atoms with van der Waals surface area (Å²) in [6.45, 7) is 5.07. The number of thioether (sulfide) groups is 1. The summed E-state index contributed by atoms with van der Waals surface area (Å²) in [5.41, 5.74) is 3.24. The summed E-state index contributed by atoms with van der Waals surface area (Å²) in [7, 11) is 0. The lowest BCUT2D eigenvalue weighted by Crippen LogP contribution is -2.48. The van der Waals surface area contributed by atoms with E-state index in [0.717, 1.165) is 43.3 Å². The fourth-order valence-electron chi connectivity index (χ4n) is 4.44. The number of nitrogens with one attached hydrogen (secondary N) is 1. The molecule has 0 atom stereocenters. The first kappa shape index (κ1) is 23.5. The van der Waals surface area contributed by atoms with Gasteiger partial charge in [-0.25, -0.2) is 0 Å². The van der Waals surface area contributed by atoms with Crippen molar-refractivity contribution in [2.45, 2.75) is 24.4 Å². The zero-order valence-electron chi connectivity index (χ0n) is 19.6. The quantitative estimate of drug-likeness (QED) is 0.486. The SMILES string of the molecule is O=C(CSc1ccccc1C(=O)N1CCN(Cc2ccc3c(c2)CCO3)CC1)NCc1ccco1. The Morgan fingerprint density at radius 1 is 1.00 bits per heavy atom. The van der Waals surface area contributed by atoms with Gasteiger partial charge in [-0.3, -0.25) is 14.5 Å². The third-order valence-corrected chi connectivity index (χ3v) is 7.41. The molecule has 1 saturated heterocycles. The van der Waals surface area contributed by atoms with E-state index in [1.54, 1.807) is 12.3 Å². The number of carbonyl (C=O) groups is 2. The van der Waals surface area contributed by atoms with Gasteiger partial charge in [0.2, 0.25) is 5.91 Å². The summed E-state index contributed by atoms with van der Waals surface area (Å²) in [4.78, 5) is 30.7. The summed E-state index contributed by atoms with van der Waals surface area (Å²) < 4.78 is 10.9. The van der Waals surface area contributed by atoms with Crippen LogP contribution in [0.1, 0.15) is 27.2 Å². The average Bonchev–Trinajstić information content (AvgIpc) is 3.58. The van der Waals surface area contributed by atoms with Crippen molar-refractivity contribution >= 4 is 23.6 Å². The van der Waals surface area contributed by atoms with Crippen LogP contribution in [0.4, 0.5) is 0 Å². The fraction of sp³-hybridized carbons (Fsp3) is 0.333. The molecule has 3 heterocycles. The maximum absolute atomic E-state index is 13.3. The van der Waals surface area contributed by atoms with E-state index in [9.17, 15) is 9.59 Å². The van der Waals surface area contributed by atoms with Crippen LogP contribution in [0.3, 0.4) is 0 Å². The van der Waals surface area contributed by atoms with Gasteiger partial charge in [0.25, 0.3) is 5.91 Å². The van der Waals surface area contributed by atoms with Crippen molar-refractivity contribution in [3.05, 3.63) is 83.3 Å². The van der Waals surface area contributed by atoms with Crippen molar-refractivity contribution in [2.24, 2.45) is 0 Å². The minimum absolute atomic E-state index is 0.0263. The van der Waals surface area contributed by atoms with Crippen LogP contribution in [0.25, 0.3) is 0 Å². The molecule has 1 N–H and O–H groups in total. The number of nitrogens with zero attached hydrogens (tertiary/aromatic N) is 2. The lowest BCUT2D eigenvalue weighted by molar-refractivity contribution is -0.118. The summed E-state index contributed by atoms with van der Waals surface area (Å²) in [5.74, 6) is 1.89. The first-order chi connectivity index (χ1) is 17.2. The molecule has 1 fully saturated rings. The number of hydrogen-bond donors (Lipinski definition) is 1. The third-order valence-electron chi connectivity index (χ3n) is 6.34. The lowest BCUT2D eigenvalue weighted by Gasteiger charge is -2.35. The number of furan rings is 1. The van der Waals surface area contributed by atoms with Gasteiger partial charge in [0.1, 0.15) is 11.5 Å². The molecule has 0 spiro atoms. The molecule has 2 aliphatic rings. The van der Waals surface area contributed by atoms with Crippen LogP contribution in [0.15, 0.2) is 70.2 Å². The molecular formula is C27H29N3O4S. The van der Waals surface area contributed by atoms with Gasteiger partial charge < -0.3 is 19.4 Å². The first-order valence-corrected chi connectivity index (χ1v) is 12.9. The highest BCUT2D eigenvalue weighted by Crippen LogP contribution is 2.27. The van der Waals surface area contributed by atoms with Crippen LogP contribution in [0, 0.1) is 0 Å². The largest absolute Gasteiger partial charge is 0.493 e. The lowest BCUT2D eigenvalue weighted by atomic mass is 10.1. The van der Waals surface area contributed by atoms with E-state index in [1.165, 1.54) is 22.9 Å². The van der Waals surface area contributed by atoms with Crippen molar-refractivity contribution < 1.29 is 18.7 Å². The molecule has 7 nitrogen and oxygen atoms in total. The third kappa shape index (κ3) is 5.89. The molecule has 8 heteroatoms. The number of ether oxygens (including phenoxy) is 1. The zero-order chi connectivity index (χ0) is 24.0. The number of amides is 2. The van der Waals surface area contributed by atoms with Crippen LogP contribution in [0.2, 0.25) is 0 Å². The fourth-order valence-corrected chi connectivity index (χ4v) is 5.31. The number of hydrogen-bond acceptors (Lipinski definition) is 6. The first-order valence-electron chi connectivity index (χ1n) is 11.9. The molecule has 35 heavy (non-hydrogen) atoms. The number of carbonyl (C=O) groups excluding carboxylic acids is 2. The van der Waals surface area contributed by atoms with Gasteiger partial charge >= 0.3 is 0 Å². The number of rotatable bonds is 8. The van der Waals surface area contributed by atoms with Crippen LogP contribution in [0.5, 0.6) is 5.75 Å². The van der Waals surface area contributed by atoms with Crippen molar-refractivity contribution in [1.82, 2.24) is 15.1 Å². The molecule has 5 rings (SSSR count). The van der Waals surface area contributed by atoms with Crippen molar-refractivity contribution in [3.63, 3.8) is 0 Å². The highest BCUT2D eigenvalue weighted by atomic mass is 32.2. The molecule has 0 saturated carbocycles. The Kier molecular flexibility index (Phi) is 7.39. The summed E-state index contributed by atoms with van der Waals surface area (Å²) in [5, 5.41) is 2.84. The summed E-state index contributed by atoms with van der Waals surface area (Å²) in [6, 6.07) is 17.6. The van der Waals surface area contributed by atoms with E-state index in [-0.39, 0.29) is 17.6 Å². The highest BCUT2D eigenvalue weighted by molar-refractivity contribution is 8.00. The van der Waals surface area contributed by atoms with Crippen molar-refractivity contribution in [3.8, 4) is 5.75 Å². The van der Waals surface area contributed by atoms with Crippen LogP contribution < -0.4 is 10.1 Å². The summed E-state index contributed by atoms with van der Waals surface area (Å²) >= 11 is 1.39. The summed E-state index contributed by atoms with van der Waals surface area (Å²) in [6.07, 6.45) is 2.56. The maximum Gasteiger partial charge on any atom is 0.255 e. The normalized spacial score (nSPS) is 15.5. The minimum atomic E-state index is -0.0969. The molecule has 0 unspecified atom stereocenters. The topological polar surface area (TPSA) is 75.0 Å². The van der Waals surface area contributed by atoms with Gasteiger partial charge in [-0.2, -0.15) is 0 Å². The van der Waals surface area contributed by atoms with Crippen molar-refractivity contribution in [2.75, 3.05) is 38.5 Å². The molecule has 3 aromatic rings. The Labute approximate surface area is 209 Å².